The zero-order valence-electron chi connectivity index (χ0n) is 11.4. The highest BCUT2D eigenvalue weighted by Gasteiger charge is 2.19. The molecule has 18 heavy (non-hydrogen) atoms. The molecule has 0 saturated carbocycles. The molecule has 2 nitrogen and oxygen atoms in total. The lowest BCUT2D eigenvalue weighted by molar-refractivity contribution is 0.251. The summed E-state index contributed by atoms with van der Waals surface area (Å²) in [5.41, 5.74) is 2.59. The van der Waals surface area contributed by atoms with Crippen LogP contribution >= 0.6 is 0 Å². The fraction of sp³-hybridized carbons (Fsp3) is 0.562. The Morgan fingerprint density at radius 3 is 2.67 bits per heavy atom. The Hall–Kier alpha value is -1.33. The minimum Gasteiger partial charge on any atom is -0.306 e. The average molecular weight is 242 g/mol. The molecule has 1 aromatic carbocycles. The molecule has 0 aromatic heterocycles. The van der Waals surface area contributed by atoms with Crippen LogP contribution in [0.15, 0.2) is 24.3 Å². The monoisotopic (exact) mass is 242 g/mol. The number of nitriles is 1. The van der Waals surface area contributed by atoms with Gasteiger partial charge in [-0.05, 0) is 49.9 Å². The Morgan fingerprint density at radius 2 is 2.11 bits per heavy atom. The Kier molecular flexibility index (Phi) is 4.38. The van der Waals surface area contributed by atoms with Crippen LogP contribution in [0.25, 0.3) is 0 Å². The van der Waals surface area contributed by atoms with Gasteiger partial charge in [0.05, 0.1) is 12.0 Å². The van der Waals surface area contributed by atoms with Gasteiger partial charge < -0.3 is 4.90 Å². The van der Waals surface area contributed by atoms with Gasteiger partial charge in [0.25, 0.3) is 0 Å². The fourth-order valence-electron chi connectivity index (χ4n) is 2.84. The summed E-state index contributed by atoms with van der Waals surface area (Å²) in [5.74, 6) is 0.716. The van der Waals surface area contributed by atoms with Gasteiger partial charge in [0.15, 0.2) is 0 Å². The van der Waals surface area contributed by atoms with Crippen LogP contribution in [0.2, 0.25) is 0 Å². The van der Waals surface area contributed by atoms with Crippen LogP contribution in [0.3, 0.4) is 0 Å². The summed E-state index contributed by atoms with van der Waals surface area (Å²) >= 11 is 0. The quantitative estimate of drug-likeness (QED) is 0.811. The summed E-state index contributed by atoms with van der Waals surface area (Å²) in [6.07, 6.45) is 3.47. The lowest BCUT2D eigenvalue weighted by Crippen LogP contribution is -2.30. The van der Waals surface area contributed by atoms with Crippen molar-refractivity contribution in [3.8, 4) is 6.07 Å². The third-order valence-electron chi connectivity index (χ3n) is 4.00. The van der Waals surface area contributed by atoms with Crippen LogP contribution in [0.1, 0.15) is 49.1 Å². The Morgan fingerprint density at radius 1 is 1.39 bits per heavy atom. The molecule has 0 N–H and O–H groups in total. The molecule has 0 bridgehead atoms. The Labute approximate surface area is 110 Å². The predicted octanol–water partition coefficient (Wildman–Crippen LogP) is 3.51. The van der Waals surface area contributed by atoms with Crippen molar-refractivity contribution in [2.45, 2.75) is 38.0 Å². The maximum atomic E-state index is 9.08. The first-order chi connectivity index (χ1) is 8.74. The molecule has 2 atom stereocenters. The SMILES string of the molecule is CCC(C#N)c1ccc(C2CCCN(C)C2)cc1. The first kappa shape index (κ1) is 13.1. The molecular formula is C16H22N2. The van der Waals surface area contributed by atoms with E-state index in [4.69, 9.17) is 5.26 Å². The molecule has 2 rings (SSSR count). The van der Waals surface area contributed by atoms with Gasteiger partial charge in [-0.3, -0.25) is 0 Å². The summed E-state index contributed by atoms with van der Waals surface area (Å²) in [7, 11) is 2.20. The van der Waals surface area contributed by atoms with Crippen LogP contribution in [-0.4, -0.2) is 25.0 Å². The van der Waals surface area contributed by atoms with E-state index in [1.165, 1.54) is 24.9 Å². The average Bonchev–Trinajstić information content (AvgIpc) is 2.41. The second kappa shape index (κ2) is 6.02. The largest absolute Gasteiger partial charge is 0.306 e. The van der Waals surface area contributed by atoms with E-state index in [1.807, 2.05) is 0 Å². The molecule has 96 valence electrons. The predicted molar refractivity (Wildman–Crippen MR) is 74.6 cm³/mol. The molecule has 0 spiro atoms. The fourth-order valence-corrected chi connectivity index (χ4v) is 2.84. The van der Waals surface area contributed by atoms with Crippen LogP contribution in [0, 0.1) is 11.3 Å². The second-order valence-electron chi connectivity index (χ2n) is 5.36. The van der Waals surface area contributed by atoms with Crippen LogP contribution in [-0.2, 0) is 0 Å². The number of piperidine rings is 1. The van der Waals surface area contributed by atoms with Crippen molar-refractivity contribution in [1.29, 1.82) is 5.26 Å². The summed E-state index contributed by atoms with van der Waals surface area (Å²) in [6, 6.07) is 11.1. The lowest BCUT2D eigenvalue weighted by Gasteiger charge is -2.30. The summed E-state index contributed by atoms with van der Waals surface area (Å²) in [6.45, 7) is 4.45. The van der Waals surface area contributed by atoms with Crippen molar-refractivity contribution >= 4 is 0 Å². The van der Waals surface area contributed by atoms with Gasteiger partial charge in [-0.1, -0.05) is 31.2 Å². The number of benzene rings is 1. The third kappa shape index (κ3) is 2.91. The van der Waals surface area contributed by atoms with Gasteiger partial charge in [0.2, 0.25) is 0 Å². The first-order valence-electron chi connectivity index (χ1n) is 6.92. The molecular weight excluding hydrogens is 220 g/mol. The topological polar surface area (TPSA) is 27.0 Å². The van der Waals surface area contributed by atoms with Crippen LogP contribution in [0.5, 0.6) is 0 Å². The van der Waals surface area contributed by atoms with Crippen LogP contribution in [0.4, 0.5) is 0 Å². The van der Waals surface area contributed by atoms with E-state index in [2.05, 4.69) is 49.2 Å². The van der Waals surface area contributed by atoms with Gasteiger partial charge in [0, 0.05) is 6.54 Å². The number of rotatable bonds is 3. The molecule has 1 saturated heterocycles. The number of nitrogens with zero attached hydrogens (tertiary/aromatic N) is 2. The molecule has 1 aliphatic heterocycles. The number of likely N-dealkylation sites (N-methyl/N-ethyl adjacent to an activating group) is 1. The van der Waals surface area contributed by atoms with Gasteiger partial charge >= 0.3 is 0 Å². The highest BCUT2D eigenvalue weighted by Crippen LogP contribution is 2.28. The number of hydrogen-bond acceptors (Lipinski definition) is 2. The van der Waals surface area contributed by atoms with Crippen molar-refractivity contribution in [2.75, 3.05) is 20.1 Å². The lowest BCUT2D eigenvalue weighted by atomic mass is 9.89. The zero-order chi connectivity index (χ0) is 13.0. The molecule has 1 fully saturated rings. The maximum absolute atomic E-state index is 9.08. The Bertz CT molecular complexity index is 416. The molecule has 1 aromatic rings. The van der Waals surface area contributed by atoms with Gasteiger partial charge in [-0.2, -0.15) is 5.26 Å². The number of hydrogen-bond donors (Lipinski definition) is 0. The van der Waals surface area contributed by atoms with Gasteiger partial charge in [-0.25, -0.2) is 0 Å². The van der Waals surface area contributed by atoms with Crippen molar-refractivity contribution in [2.24, 2.45) is 0 Å². The second-order valence-corrected chi connectivity index (χ2v) is 5.36. The molecule has 0 aliphatic carbocycles. The van der Waals surface area contributed by atoms with E-state index >= 15 is 0 Å². The van der Waals surface area contributed by atoms with Gasteiger partial charge in [0.1, 0.15) is 0 Å². The van der Waals surface area contributed by atoms with E-state index < -0.39 is 0 Å². The van der Waals surface area contributed by atoms with E-state index in [-0.39, 0.29) is 5.92 Å². The van der Waals surface area contributed by atoms with E-state index in [1.54, 1.807) is 0 Å². The molecule has 1 heterocycles. The minimum absolute atomic E-state index is 0.0491. The molecule has 0 radical (unpaired) electrons. The molecule has 0 amide bonds. The molecule has 2 unspecified atom stereocenters. The standard InChI is InChI=1S/C16H22N2/c1-3-13(11-17)14-6-8-15(9-7-14)16-5-4-10-18(2)12-16/h6-9,13,16H,3-5,10,12H2,1-2H3. The van der Waals surface area contributed by atoms with E-state index in [0.29, 0.717) is 5.92 Å². The van der Waals surface area contributed by atoms with E-state index in [0.717, 1.165) is 18.5 Å². The number of likely N-dealkylation sites (tertiary alicyclic amines) is 1. The molecule has 2 heteroatoms. The zero-order valence-corrected chi connectivity index (χ0v) is 11.4. The maximum Gasteiger partial charge on any atom is 0.0710 e. The highest BCUT2D eigenvalue weighted by atomic mass is 15.1. The van der Waals surface area contributed by atoms with Crippen molar-refractivity contribution in [3.63, 3.8) is 0 Å². The van der Waals surface area contributed by atoms with Crippen molar-refractivity contribution in [1.82, 2.24) is 4.90 Å². The third-order valence-corrected chi connectivity index (χ3v) is 4.00. The summed E-state index contributed by atoms with van der Waals surface area (Å²) in [5, 5.41) is 9.08. The summed E-state index contributed by atoms with van der Waals surface area (Å²) < 4.78 is 0. The summed E-state index contributed by atoms with van der Waals surface area (Å²) in [4.78, 5) is 2.41. The smallest absolute Gasteiger partial charge is 0.0710 e. The normalized spacial score (nSPS) is 22.4. The molecule has 1 aliphatic rings. The minimum atomic E-state index is 0.0491. The van der Waals surface area contributed by atoms with E-state index in [9.17, 15) is 0 Å². The highest BCUT2D eigenvalue weighted by molar-refractivity contribution is 5.30. The van der Waals surface area contributed by atoms with Crippen molar-refractivity contribution < 1.29 is 0 Å². The van der Waals surface area contributed by atoms with Crippen molar-refractivity contribution in [3.05, 3.63) is 35.4 Å². The first-order valence-corrected chi connectivity index (χ1v) is 6.92. The van der Waals surface area contributed by atoms with Gasteiger partial charge in [-0.15, -0.1) is 0 Å². The van der Waals surface area contributed by atoms with Crippen LogP contribution < -0.4 is 0 Å². The Balaban J connectivity index is 2.10.